The van der Waals surface area contributed by atoms with Crippen molar-refractivity contribution in [3.8, 4) is 5.75 Å². The lowest BCUT2D eigenvalue weighted by Gasteiger charge is -2.29. The third-order valence-corrected chi connectivity index (χ3v) is 4.20. The number of aromatic amines is 1. The van der Waals surface area contributed by atoms with E-state index in [-0.39, 0.29) is 0 Å². The second kappa shape index (κ2) is 5.90. The SMILES string of the molecule is Cc1cc(CC(C)NC2CCCc3ccc(O)cc32)n[nH]1. The number of aromatic nitrogens is 2. The van der Waals surface area contributed by atoms with Crippen molar-refractivity contribution in [2.24, 2.45) is 0 Å². The van der Waals surface area contributed by atoms with Gasteiger partial charge in [0.25, 0.3) is 0 Å². The first-order chi connectivity index (χ1) is 10.1. The summed E-state index contributed by atoms with van der Waals surface area (Å²) in [5.41, 5.74) is 4.82. The van der Waals surface area contributed by atoms with Crippen LogP contribution >= 0.6 is 0 Å². The van der Waals surface area contributed by atoms with E-state index in [4.69, 9.17) is 0 Å². The van der Waals surface area contributed by atoms with Crippen molar-refractivity contribution >= 4 is 0 Å². The number of nitrogens with one attached hydrogen (secondary N) is 2. The van der Waals surface area contributed by atoms with Gasteiger partial charge in [-0.3, -0.25) is 5.10 Å². The Morgan fingerprint density at radius 1 is 1.43 bits per heavy atom. The highest BCUT2D eigenvalue weighted by Gasteiger charge is 2.22. The molecule has 112 valence electrons. The molecule has 1 aliphatic carbocycles. The highest BCUT2D eigenvalue weighted by atomic mass is 16.3. The molecular formula is C17H23N3O. The number of benzene rings is 1. The number of hydrogen-bond donors (Lipinski definition) is 3. The van der Waals surface area contributed by atoms with Crippen LogP contribution in [0.3, 0.4) is 0 Å². The van der Waals surface area contributed by atoms with Crippen molar-refractivity contribution < 1.29 is 5.11 Å². The van der Waals surface area contributed by atoms with Crippen LogP contribution in [0.5, 0.6) is 5.75 Å². The summed E-state index contributed by atoms with van der Waals surface area (Å²) in [6, 6.07) is 8.54. The van der Waals surface area contributed by atoms with Crippen molar-refractivity contribution in [1.29, 1.82) is 0 Å². The van der Waals surface area contributed by atoms with E-state index >= 15 is 0 Å². The third-order valence-electron chi connectivity index (χ3n) is 4.20. The first-order valence-corrected chi connectivity index (χ1v) is 7.70. The molecule has 21 heavy (non-hydrogen) atoms. The Bertz CT molecular complexity index is 620. The molecule has 2 aromatic rings. The summed E-state index contributed by atoms with van der Waals surface area (Å²) >= 11 is 0. The van der Waals surface area contributed by atoms with Gasteiger partial charge in [0.1, 0.15) is 5.75 Å². The van der Waals surface area contributed by atoms with E-state index in [9.17, 15) is 5.11 Å². The Kier molecular flexibility index (Phi) is 3.97. The first kappa shape index (κ1) is 14.1. The predicted octanol–water partition coefficient (Wildman–Crippen LogP) is 3.02. The van der Waals surface area contributed by atoms with E-state index < -0.39 is 0 Å². The second-order valence-electron chi connectivity index (χ2n) is 6.14. The zero-order valence-electron chi connectivity index (χ0n) is 12.7. The minimum absolute atomic E-state index is 0.330. The second-order valence-corrected chi connectivity index (χ2v) is 6.14. The number of aryl methyl sites for hydroxylation is 2. The van der Waals surface area contributed by atoms with Crippen LogP contribution in [0.4, 0.5) is 0 Å². The molecule has 3 N–H and O–H groups in total. The van der Waals surface area contributed by atoms with Gasteiger partial charge in [-0.2, -0.15) is 5.10 Å². The van der Waals surface area contributed by atoms with E-state index in [1.165, 1.54) is 17.5 Å². The van der Waals surface area contributed by atoms with Crippen LogP contribution in [0, 0.1) is 6.92 Å². The lowest BCUT2D eigenvalue weighted by Crippen LogP contribution is -2.34. The molecule has 1 heterocycles. The highest BCUT2D eigenvalue weighted by Crippen LogP contribution is 2.32. The van der Waals surface area contributed by atoms with Crippen LogP contribution in [0.15, 0.2) is 24.3 Å². The van der Waals surface area contributed by atoms with E-state index in [2.05, 4.69) is 34.6 Å². The molecule has 2 atom stereocenters. The molecule has 0 spiro atoms. The average Bonchev–Trinajstić information content (AvgIpc) is 2.84. The number of hydrogen-bond acceptors (Lipinski definition) is 3. The van der Waals surface area contributed by atoms with Crippen LogP contribution in [-0.4, -0.2) is 21.3 Å². The lowest BCUT2D eigenvalue weighted by atomic mass is 9.87. The molecule has 0 saturated heterocycles. The fourth-order valence-electron chi connectivity index (χ4n) is 3.25. The number of fused-ring (bicyclic) bond motifs is 1. The molecule has 0 fully saturated rings. The maximum Gasteiger partial charge on any atom is 0.115 e. The number of nitrogens with zero attached hydrogens (tertiary/aromatic N) is 1. The van der Waals surface area contributed by atoms with Gasteiger partial charge < -0.3 is 10.4 Å². The standard InChI is InChI=1S/C17H23N3O/c1-11(8-14-9-12(2)19-20-14)18-17-5-3-4-13-6-7-15(21)10-16(13)17/h6-7,9-11,17-18,21H,3-5,8H2,1-2H3,(H,19,20). The van der Waals surface area contributed by atoms with Gasteiger partial charge in [0.05, 0.1) is 5.69 Å². The molecule has 2 unspecified atom stereocenters. The van der Waals surface area contributed by atoms with Crippen molar-refractivity contribution in [2.75, 3.05) is 0 Å². The van der Waals surface area contributed by atoms with Crippen LogP contribution in [-0.2, 0) is 12.8 Å². The maximum atomic E-state index is 9.74. The molecule has 3 rings (SSSR count). The summed E-state index contributed by atoms with van der Waals surface area (Å²) in [4.78, 5) is 0. The third kappa shape index (κ3) is 3.27. The summed E-state index contributed by atoms with van der Waals surface area (Å²) in [7, 11) is 0. The maximum absolute atomic E-state index is 9.74. The summed E-state index contributed by atoms with van der Waals surface area (Å²) in [6.45, 7) is 4.22. The largest absolute Gasteiger partial charge is 0.508 e. The average molecular weight is 285 g/mol. The van der Waals surface area contributed by atoms with Gasteiger partial charge in [0.15, 0.2) is 0 Å². The minimum Gasteiger partial charge on any atom is -0.508 e. The summed E-state index contributed by atoms with van der Waals surface area (Å²) in [5, 5.41) is 20.7. The van der Waals surface area contributed by atoms with Gasteiger partial charge in [0, 0.05) is 24.2 Å². The summed E-state index contributed by atoms with van der Waals surface area (Å²) < 4.78 is 0. The normalized spacial score (nSPS) is 19.2. The first-order valence-electron chi connectivity index (χ1n) is 7.70. The molecule has 0 saturated carbocycles. The topological polar surface area (TPSA) is 60.9 Å². The molecule has 0 radical (unpaired) electrons. The van der Waals surface area contributed by atoms with Crippen molar-refractivity contribution in [2.45, 2.75) is 51.6 Å². The molecule has 0 amide bonds. The Labute approximate surface area is 125 Å². The van der Waals surface area contributed by atoms with E-state index in [0.717, 1.165) is 30.7 Å². The Morgan fingerprint density at radius 3 is 3.05 bits per heavy atom. The van der Waals surface area contributed by atoms with E-state index in [1.54, 1.807) is 6.07 Å². The fraction of sp³-hybridized carbons (Fsp3) is 0.471. The number of phenols is 1. The van der Waals surface area contributed by atoms with Gasteiger partial charge in [-0.1, -0.05) is 6.07 Å². The predicted molar refractivity (Wildman–Crippen MR) is 83.4 cm³/mol. The monoisotopic (exact) mass is 285 g/mol. The Balaban J connectivity index is 1.69. The number of H-pyrrole nitrogens is 1. The number of aromatic hydroxyl groups is 1. The van der Waals surface area contributed by atoms with Crippen LogP contribution in [0.2, 0.25) is 0 Å². The summed E-state index contributed by atoms with van der Waals surface area (Å²) in [5.74, 6) is 0.359. The van der Waals surface area contributed by atoms with Gasteiger partial charge in [-0.15, -0.1) is 0 Å². The van der Waals surface area contributed by atoms with Crippen molar-refractivity contribution in [1.82, 2.24) is 15.5 Å². The van der Waals surface area contributed by atoms with Crippen LogP contribution in [0.25, 0.3) is 0 Å². The number of rotatable bonds is 4. The Hall–Kier alpha value is -1.81. The van der Waals surface area contributed by atoms with Crippen LogP contribution < -0.4 is 5.32 Å². The molecule has 1 aliphatic rings. The molecule has 1 aromatic heterocycles. The highest BCUT2D eigenvalue weighted by molar-refractivity contribution is 5.38. The Morgan fingerprint density at radius 2 is 2.29 bits per heavy atom. The van der Waals surface area contributed by atoms with Crippen molar-refractivity contribution in [3.05, 3.63) is 46.8 Å². The lowest BCUT2D eigenvalue weighted by molar-refractivity contribution is 0.401. The number of phenolic OH excluding ortho intramolecular Hbond substituents is 1. The minimum atomic E-state index is 0.330. The molecular weight excluding hydrogens is 262 g/mol. The molecule has 0 bridgehead atoms. The van der Waals surface area contributed by atoms with Crippen molar-refractivity contribution in [3.63, 3.8) is 0 Å². The van der Waals surface area contributed by atoms with E-state index in [1.807, 2.05) is 13.0 Å². The molecule has 4 nitrogen and oxygen atoms in total. The molecule has 0 aliphatic heterocycles. The van der Waals surface area contributed by atoms with Gasteiger partial charge in [-0.25, -0.2) is 0 Å². The van der Waals surface area contributed by atoms with Crippen LogP contribution in [0.1, 0.15) is 48.3 Å². The van der Waals surface area contributed by atoms with Gasteiger partial charge in [0.2, 0.25) is 0 Å². The zero-order valence-corrected chi connectivity index (χ0v) is 12.7. The zero-order chi connectivity index (χ0) is 14.8. The fourth-order valence-corrected chi connectivity index (χ4v) is 3.25. The van der Waals surface area contributed by atoms with Gasteiger partial charge >= 0.3 is 0 Å². The van der Waals surface area contributed by atoms with Gasteiger partial charge in [-0.05, 0) is 62.4 Å². The summed E-state index contributed by atoms with van der Waals surface area (Å²) in [6.07, 6.45) is 4.35. The molecule has 4 heteroatoms. The van der Waals surface area contributed by atoms with E-state index in [0.29, 0.717) is 17.8 Å². The quantitative estimate of drug-likeness (QED) is 0.809. The smallest absolute Gasteiger partial charge is 0.115 e. The molecule has 1 aromatic carbocycles.